The van der Waals surface area contributed by atoms with E-state index in [-0.39, 0.29) is 12.3 Å². The zero-order chi connectivity index (χ0) is 11.4. The number of nitrogens with zero attached hydrogens (tertiary/aromatic N) is 1. The van der Waals surface area contributed by atoms with E-state index < -0.39 is 28.1 Å². The number of hydrogen-bond donors (Lipinski definition) is 1. The molecule has 0 aromatic rings. The highest BCUT2D eigenvalue weighted by Crippen LogP contribution is 1.93. The minimum absolute atomic E-state index is 0.0188. The molecule has 1 amide bonds. The van der Waals surface area contributed by atoms with E-state index in [2.05, 4.69) is 0 Å². The second kappa shape index (κ2) is 4.94. The fourth-order valence-electron chi connectivity index (χ4n) is 0.692. The van der Waals surface area contributed by atoms with Crippen molar-refractivity contribution in [2.45, 2.75) is 6.42 Å². The van der Waals surface area contributed by atoms with Crippen molar-refractivity contribution in [3.63, 3.8) is 0 Å². The first-order chi connectivity index (χ1) is 6.22. The summed E-state index contributed by atoms with van der Waals surface area (Å²) < 4.78 is 21.5. The van der Waals surface area contributed by atoms with E-state index in [4.69, 9.17) is 5.11 Å². The minimum Gasteiger partial charge on any atom is -0.481 e. The third-order valence-electron chi connectivity index (χ3n) is 1.53. The molecule has 14 heavy (non-hydrogen) atoms. The molecule has 0 fully saturated rings. The highest BCUT2D eigenvalue weighted by Gasteiger charge is 2.14. The molecule has 0 unspecified atom stereocenters. The lowest BCUT2D eigenvalue weighted by Crippen LogP contribution is -2.32. The van der Waals surface area contributed by atoms with Gasteiger partial charge in [0, 0.05) is 19.8 Å². The summed E-state index contributed by atoms with van der Waals surface area (Å²) in [4.78, 5) is 22.3. The van der Waals surface area contributed by atoms with Gasteiger partial charge in [-0.15, -0.1) is 0 Å². The Morgan fingerprint density at radius 1 is 1.36 bits per heavy atom. The lowest BCUT2D eigenvalue weighted by Gasteiger charge is -2.14. The van der Waals surface area contributed by atoms with Gasteiger partial charge < -0.3 is 10.0 Å². The molecular formula is C7H13NO5S. The zero-order valence-electron chi connectivity index (χ0n) is 8.06. The average molecular weight is 223 g/mol. The van der Waals surface area contributed by atoms with E-state index in [0.717, 1.165) is 11.2 Å². The third kappa shape index (κ3) is 6.41. The molecule has 0 aliphatic rings. The quantitative estimate of drug-likeness (QED) is 0.601. The molecule has 0 aromatic heterocycles. The van der Waals surface area contributed by atoms with Crippen LogP contribution in [0, 0.1) is 0 Å². The van der Waals surface area contributed by atoms with Crippen molar-refractivity contribution in [2.75, 3.05) is 25.6 Å². The number of carboxylic acids is 1. The van der Waals surface area contributed by atoms with Gasteiger partial charge in [-0.05, 0) is 0 Å². The van der Waals surface area contributed by atoms with Crippen LogP contribution in [0.4, 0.5) is 0 Å². The summed E-state index contributed by atoms with van der Waals surface area (Å²) in [6, 6.07) is 0. The predicted molar refractivity (Wildman–Crippen MR) is 49.6 cm³/mol. The molecular weight excluding hydrogens is 210 g/mol. The van der Waals surface area contributed by atoms with Crippen LogP contribution in [-0.2, 0) is 19.4 Å². The first-order valence-corrected chi connectivity index (χ1v) is 5.92. The molecule has 0 atom stereocenters. The van der Waals surface area contributed by atoms with E-state index in [1.165, 1.54) is 7.05 Å². The van der Waals surface area contributed by atoms with Gasteiger partial charge in [0.15, 0.2) is 0 Å². The maximum atomic E-state index is 11.0. The topological polar surface area (TPSA) is 91.8 Å². The van der Waals surface area contributed by atoms with Gasteiger partial charge in [-0.2, -0.15) is 0 Å². The van der Waals surface area contributed by atoms with Gasteiger partial charge in [0.1, 0.15) is 16.3 Å². The van der Waals surface area contributed by atoms with Crippen molar-refractivity contribution >= 4 is 21.7 Å². The first-order valence-electron chi connectivity index (χ1n) is 3.86. The maximum absolute atomic E-state index is 11.0. The second-order valence-corrected chi connectivity index (χ2v) is 5.28. The summed E-state index contributed by atoms with van der Waals surface area (Å²) in [5, 5.41) is 8.30. The summed E-state index contributed by atoms with van der Waals surface area (Å²) in [5.41, 5.74) is 0. The fourth-order valence-corrected chi connectivity index (χ4v) is 1.30. The van der Waals surface area contributed by atoms with Crippen molar-refractivity contribution in [3.8, 4) is 0 Å². The molecule has 0 rings (SSSR count). The maximum Gasteiger partial charge on any atom is 0.312 e. The Bertz CT molecular complexity index is 321. The number of hydrogen-bond acceptors (Lipinski definition) is 4. The van der Waals surface area contributed by atoms with Crippen molar-refractivity contribution in [1.82, 2.24) is 4.90 Å². The number of rotatable bonds is 5. The number of carbonyl (C=O) groups excluding carboxylic acids is 1. The molecule has 0 aliphatic carbocycles. The Kier molecular flexibility index (Phi) is 4.55. The molecule has 82 valence electrons. The van der Waals surface area contributed by atoms with Crippen LogP contribution in [0.5, 0.6) is 0 Å². The molecule has 0 aliphatic heterocycles. The van der Waals surface area contributed by atoms with E-state index in [1.807, 2.05) is 0 Å². The molecule has 0 bridgehead atoms. The van der Waals surface area contributed by atoms with Crippen LogP contribution in [0.25, 0.3) is 0 Å². The van der Waals surface area contributed by atoms with Crippen LogP contribution in [-0.4, -0.2) is 55.9 Å². The fraction of sp³-hybridized carbons (Fsp3) is 0.714. The molecule has 0 spiro atoms. The summed E-state index contributed by atoms with van der Waals surface area (Å²) in [5.74, 6) is -1.98. The van der Waals surface area contributed by atoms with Crippen molar-refractivity contribution in [3.05, 3.63) is 0 Å². The Balaban J connectivity index is 4.03. The second-order valence-electron chi connectivity index (χ2n) is 3.02. The van der Waals surface area contributed by atoms with Gasteiger partial charge in [0.25, 0.3) is 0 Å². The highest BCUT2D eigenvalue weighted by atomic mass is 32.2. The molecule has 0 radical (unpaired) electrons. The number of amides is 1. The van der Waals surface area contributed by atoms with Crippen LogP contribution >= 0.6 is 0 Å². The SMILES string of the molecule is CN(CCS(C)(=O)=O)C(=O)CC(=O)O. The van der Waals surface area contributed by atoms with E-state index >= 15 is 0 Å². The summed E-state index contributed by atoms with van der Waals surface area (Å²) >= 11 is 0. The van der Waals surface area contributed by atoms with Crippen LogP contribution in [0.15, 0.2) is 0 Å². The van der Waals surface area contributed by atoms with E-state index in [0.29, 0.717) is 0 Å². The summed E-state index contributed by atoms with van der Waals surface area (Å²) in [6.07, 6.45) is 0.447. The van der Waals surface area contributed by atoms with Crippen LogP contribution in [0.3, 0.4) is 0 Å². The number of carbonyl (C=O) groups is 2. The normalized spacial score (nSPS) is 11.0. The van der Waals surface area contributed by atoms with Crippen LogP contribution < -0.4 is 0 Å². The molecule has 0 saturated carbocycles. The lowest BCUT2D eigenvalue weighted by molar-refractivity contribution is -0.143. The standard InChI is InChI=1S/C7H13NO5S/c1-8(3-4-14(2,12)13)6(9)5-7(10)11/h3-5H2,1-2H3,(H,10,11). The zero-order valence-corrected chi connectivity index (χ0v) is 8.87. The van der Waals surface area contributed by atoms with Crippen molar-refractivity contribution in [2.24, 2.45) is 0 Å². The van der Waals surface area contributed by atoms with Gasteiger partial charge in [-0.3, -0.25) is 9.59 Å². The molecule has 0 heterocycles. The number of sulfone groups is 1. The molecule has 7 heteroatoms. The van der Waals surface area contributed by atoms with Gasteiger partial charge >= 0.3 is 5.97 Å². The Morgan fingerprint density at radius 2 is 1.86 bits per heavy atom. The molecule has 1 N–H and O–H groups in total. The summed E-state index contributed by atoms with van der Waals surface area (Å²) in [6.45, 7) is 0.0188. The molecule has 0 aromatic carbocycles. The van der Waals surface area contributed by atoms with Gasteiger partial charge in [-0.1, -0.05) is 0 Å². The Morgan fingerprint density at radius 3 is 2.21 bits per heavy atom. The van der Waals surface area contributed by atoms with Gasteiger partial charge in [0.05, 0.1) is 5.75 Å². The molecule has 0 saturated heterocycles. The van der Waals surface area contributed by atoms with Crippen molar-refractivity contribution < 1.29 is 23.1 Å². The van der Waals surface area contributed by atoms with Gasteiger partial charge in [-0.25, -0.2) is 8.42 Å². The predicted octanol–water partition coefficient (Wildman–Crippen LogP) is -1.04. The van der Waals surface area contributed by atoms with Gasteiger partial charge in [0.2, 0.25) is 5.91 Å². The minimum atomic E-state index is -3.12. The highest BCUT2D eigenvalue weighted by molar-refractivity contribution is 7.90. The number of aliphatic carboxylic acids is 1. The Labute approximate surface area is 82.4 Å². The smallest absolute Gasteiger partial charge is 0.312 e. The van der Waals surface area contributed by atoms with Crippen LogP contribution in [0.2, 0.25) is 0 Å². The average Bonchev–Trinajstić information content (AvgIpc) is 1.97. The van der Waals surface area contributed by atoms with E-state index in [9.17, 15) is 18.0 Å². The van der Waals surface area contributed by atoms with Crippen LogP contribution in [0.1, 0.15) is 6.42 Å². The van der Waals surface area contributed by atoms with Crippen molar-refractivity contribution in [1.29, 1.82) is 0 Å². The Hall–Kier alpha value is -1.11. The lowest BCUT2D eigenvalue weighted by atomic mass is 10.4. The largest absolute Gasteiger partial charge is 0.481 e. The number of carboxylic acid groups (broad SMARTS) is 1. The third-order valence-corrected chi connectivity index (χ3v) is 2.45. The molecule has 6 nitrogen and oxygen atoms in total. The summed E-state index contributed by atoms with van der Waals surface area (Å²) in [7, 11) is -1.75. The first kappa shape index (κ1) is 12.9. The monoisotopic (exact) mass is 223 g/mol. The van der Waals surface area contributed by atoms with E-state index in [1.54, 1.807) is 0 Å².